The molecule has 0 saturated carbocycles. The lowest BCUT2D eigenvalue weighted by Gasteiger charge is -2.08. The molecule has 96 valence electrons. The Morgan fingerprint density at radius 1 is 1.41 bits per heavy atom. The maximum absolute atomic E-state index is 10.9. The van der Waals surface area contributed by atoms with E-state index in [9.17, 15) is 13.5 Å². The molecule has 5 nitrogen and oxygen atoms in total. The fourth-order valence-electron chi connectivity index (χ4n) is 1.30. The second-order valence-corrected chi connectivity index (χ2v) is 6.06. The second-order valence-electron chi connectivity index (χ2n) is 3.80. The Labute approximate surface area is 101 Å². The minimum atomic E-state index is -2.94. The minimum Gasteiger partial charge on any atom is -0.507 e. The number of ether oxygens (including phenoxy) is 1. The molecule has 0 bridgehead atoms. The minimum absolute atomic E-state index is 0.0872. The molecule has 0 aliphatic heterocycles. The van der Waals surface area contributed by atoms with E-state index in [2.05, 4.69) is 5.32 Å². The molecule has 0 amide bonds. The van der Waals surface area contributed by atoms with Gasteiger partial charge in [-0.1, -0.05) is 6.07 Å². The molecule has 0 aliphatic carbocycles. The van der Waals surface area contributed by atoms with Crippen molar-refractivity contribution in [2.75, 3.05) is 25.7 Å². The third-order valence-electron chi connectivity index (χ3n) is 2.26. The van der Waals surface area contributed by atoms with Gasteiger partial charge in [-0.2, -0.15) is 0 Å². The van der Waals surface area contributed by atoms with Gasteiger partial charge in [0.25, 0.3) is 0 Å². The maximum atomic E-state index is 10.9. The van der Waals surface area contributed by atoms with Crippen molar-refractivity contribution in [2.24, 2.45) is 0 Å². The molecule has 1 rings (SSSR count). The first-order valence-electron chi connectivity index (χ1n) is 5.16. The highest BCUT2D eigenvalue weighted by Crippen LogP contribution is 2.22. The van der Waals surface area contributed by atoms with Crippen LogP contribution in [-0.4, -0.2) is 39.2 Å². The van der Waals surface area contributed by atoms with Crippen molar-refractivity contribution in [3.63, 3.8) is 0 Å². The Balaban J connectivity index is 2.47. The fraction of sp³-hybridized carbons (Fsp3) is 0.455. The normalized spacial score (nSPS) is 11.4. The number of hydrogen-bond donors (Lipinski definition) is 2. The van der Waals surface area contributed by atoms with Crippen LogP contribution in [-0.2, 0) is 16.4 Å². The predicted octanol–water partition coefficient (Wildman–Crippen LogP) is 0.535. The van der Waals surface area contributed by atoms with E-state index in [1.807, 2.05) is 0 Å². The summed E-state index contributed by atoms with van der Waals surface area (Å²) in [6, 6.07) is 5.00. The van der Waals surface area contributed by atoms with E-state index in [4.69, 9.17) is 4.74 Å². The van der Waals surface area contributed by atoms with Gasteiger partial charge in [0.15, 0.2) is 0 Å². The highest BCUT2D eigenvalue weighted by Gasteiger charge is 2.04. The van der Waals surface area contributed by atoms with Gasteiger partial charge in [-0.15, -0.1) is 0 Å². The number of rotatable bonds is 6. The van der Waals surface area contributed by atoms with Crippen LogP contribution < -0.4 is 10.1 Å². The van der Waals surface area contributed by atoms with Crippen molar-refractivity contribution >= 4 is 9.84 Å². The van der Waals surface area contributed by atoms with Crippen molar-refractivity contribution in [3.05, 3.63) is 23.8 Å². The monoisotopic (exact) mass is 259 g/mol. The number of benzene rings is 1. The smallest absolute Gasteiger partial charge is 0.148 e. The molecule has 6 heteroatoms. The number of sulfone groups is 1. The summed E-state index contributed by atoms with van der Waals surface area (Å²) in [5, 5.41) is 12.6. The van der Waals surface area contributed by atoms with Gasteiger partial charge in [-0.3, -0.25) is 0 Å². The Morgan fingerprint density at radius 2 is 2.12 bits per heavy atom. The fourth-order valence-corrected chi connectivity index (χ4v) is 1.82. The first-order chi connectivity index (χ1) is 7.92. The summed E-state index contributed by atoms with van der Waals surface area (Å²) in [7, 11) is -1.42. The molecule has 0 saturated heterocycles. The molecule has 0 heterocycles. The quantitative estimate of drug-likeness (QED) is 0.729. The Bertz CT molecular complexity index is 470. The van der Waals surface area contributed by atoms with Crippen LogP contribution in [0.3, 0.4) is 0 Å². The van der Waals surface area contributed by atoms with Crippen LogP contribution in [0.4, 0.5) is 0 Å². The van der Waals surface area contributed by atoms with Crippen LogP contribution in [0.2, 0.25) is 0 Å². The van der Waals surface area contributed by atoms with Gasteiger partial charge >= 0.3 is 0 Å². The summed E-state index contributed by atoms with van der Waals surface area (Å²) in [4.78, 5) is 0. The summed E-state index contributed by atoms with van der Waals surface area (Å²) in [6.07, 6.45) is 1.19. The van der Waals surface area contributed by atoms with Crippen molar-refractivity contribution < 1.29 is 18.3 Å². The summed E-state index contributed by atoms with van der Waals surface area (Å²) in [6.45, 7) is 0.787. The highest BCUT2D eigenvalue weighted by atomic mass is 32.2. The largest absolute Gasteiger partial charge is 0.507 e. The van der Waals surface area contributed by atoms with Gasteiger partial charge in [0.1, 0.15) is 21.3 Å². The van der Waals surface area contributed by atoms with Crippen molar-refractivity contribution in [3.8, 4) is 11.5 Å². The van der Waals surface area contributed by atoms with Gasteiger partial charge < -0.3 is 15.2 Å². The summed E-state index contributed by atoms with van der Waals surface area (Å²) < 4.78 is 26.7. The van der Waals surface area contributed by atoms with E-state index in [1.165, 1.54) is 19.4 Å². The van der Waals surface area contributed by atoms with E-state index >= 15 is 0 Å². The molecule has 0 aromatic heterocycles. The van der Waals surface area contributed by atoms with Gasteiger partial charge in [-0.05, 0) is 6.07 Å². The van der Waals surface area contributed by atoms with E-state index in [1.54, 1.807) is 12.1 Å². The molecule has 0 aliphatic rings. The second kappa shape index (κ2) is 5.88. The zero-order valence-corrected chi connectivity index (χ0v) is 10.8. The van der Waals surface area contributed by atoms with Crippen LogP contribution in [0, 0.1) is 0 Å². The SMILES string of the molecule is COc1ccc(CNCCS(C)(=O)=O)c(O)c1. The first kappa shape index (κ1) is 13.8. The van der Waals surface area contributed by atoms with Crippen LogP contribution >= 0.6 is 0 Å². The topological polar surface area (TPSA) is 75.6 Å². The van der Waals surface area contributed by atoms with Crippen molar-refractivity contribution in [1.29, 1.82) is 0 Å². The predicted molar refractivity (Wildman–Crippen MR) is 66.1 cm³/mol. The number of methoxy groups -OCH3 is 1. The van der Waals surface area contributed by atoms with Crippen LogP contribution in [0.5, 0.6) is 11.5 Å². The Hall–Kier alpha value is -1.27. The van der Waals surface area contributed by atoms with Crippen LogP contribution in [0.1, 0.15) is 5.56 Å². The molecule has 0 radical (unpaired) electrons. The van der Waals surface area contributed by atoms with Gasteiger partial charge in [-0.25, -0.2) is 8.42 Å². The number of phenols is 1. The molecule has 0 unspecified atom stereocenters. The number of nitrogens with one attached hydrogen (secondary N) is 1. The molecule has 0 spiro atoms. The summed E-state index contributed by atoms with van der Waals surface area (Å²) in [5.74, 6) is 0.808. The Kier molecular flexibility index (Phi) is 4.77. The molecule has 2 N–H and O–H groups in total. The summed E-state index contributed by atoms with van der Waals surface area (Å²) in [5.41, 5.74) is 0.708. The van der Waals surface area contributed by atoms with Crippen molar-refractivity contribution in [2.45, 2.75) is 6.54 Å². The van der Waals surface area contributed by atoms with Gasteiger partial charge in [0.2, 0.25) is 0 Å². The number of hydrogen-bond acceptors (Lipinski definition) is 5. The molecule has 17 heavy (non-hydrogen) atoms. The van der Waals surface area contributed by atoms with E-state index in [0.29, 0.717) is 24.4 Å². The third-order valence-corrected chi connectivity index (χ3v) is 3.20. The average molecular weight is 259 g/mol. The standard InChI is InChI=1S/C11H17NO4S/c1-16-10-4-3-9(11(13)7-10)8-12-5-6-17(2,14)15/h3-4,7,12-13H,5-6,8H2,1-2H3. The van der Waals surface area contributed by atoms with Crippen LogP contribution in [0.25, 0.3) is 0 Å². The van der Waals surface area contributed by atoms with Gasteiger partial charge in [0.05, 0.1) is 12.9 Å². The van der Waals surface area contributed by atoms with E-state index in [-0.39, 0.29) is 11.5 Å². The first-order valence-corrected chi connectivity index (χ1v) is 7.23. The molecule has 0 atom stereocenters. The lowest BCUT2D eigenvalue weighted by Crippen LogP contribution is -2.21. The van der Waals surface area contributed by atoms with Gasteiger partial charge in [0, 0.05) is 31.0 Å². The number of aromatic hydroxyl groups is 1. The van der Waals surface area contributed by atoms with E-state index in [0.717, 1.165) is 0 Å². The highest BCUT2D eigenvalue weighted by molar-refractivity contribution is 7.90. The lowest BCUT2D eigenvalue weighted by atomic mass is 10.2. The molecule has 1 aromatic rings. The summed E-state index contributed by atoms with van der Waals surface area (Å²) >= 11 is 0. The third kappa shape index (κ3) is 5.06. The number of phenolic OH excluding ortho intramolecular Hbond substituents is 1. The molecule has 0 fully saturated rings. The maximum Gasteiger partial charge on any atom is 0.148 e. The zero-order chi connectivity index (χ0) is 12.9. The lowest BCUT2D eigenvalue weighted by molar-refractivity contribution is 0.406. The molecular weight excluding hydrogens is 242 g/mol. The molecule has 1 aromatic carbocycles. The Morgan fingerprint density at radius 3 is 2.65 bits per heavy atom. The zero-order valence-electron chi connectivity index (χ0n) is 9.93. The average Bonchev–Trinajstić information content (AvgIpc) is 2.24. The van der Waals surface area contributed by atoms with E-state index < -0.39 is 9.84 Å². The van der Waals surface area contributed by atoms with Crippen LogP contribution in [0.15, 0.2) is 18.2 Å². The molecular formula is C11H17NO4S. The van der Waals surface area contributed by atoms with Crippen molar-refractivity contribution in [1.82, 2.24) is 5.32 Å².